The van der Waals surface area contributed by atoms with Crippen LogP contribution in [-0.2, 0) is 6.54 Å². The van der Waals surface area contributed by atoms with E-state index >= 15 is 0 Å². The van der Waals surface area contributed by atoms with Crippen molar-refractivity contribution in [2.24, 2.45) is 0 Å². The number of hydrogen-bond acceptors (Lipinski definition) is 4. The largest absolute Gasteiger partial charge is 0.496 e. The van der Waals surface area contributed by atoms with Crippen molar-refractivity contribution >= 4 is 22.1 Å². The number of nitrogens with one attached hydrogen (secondary N) is 1. The number of nitrogens with zero attached hydrogens (tertiary/aromatic N) is 1. The fourth-order valence-corrected chi connectivity index (χ4v) is 2.58. The van der Waals surface area contributed by atoms with Gasteiger partial charge in [-0.05, 0) is 28.5 Å². The van der Waals surface area contributed by atoms with Crippen LogP contribution in [0.4, 0.5) is 11.4 Å². The number of anilines is 1. The van der Waals surface area contributed by atoms with Crippen molar-refractivity contribution in [3.8, 4) is 5.75 Å². The number of ether oxygens (including phenoxy) is 1. The van der Waals surface area contributed by atoms with Crippen LogP contribution in [0.3, 0.4) is 0 Å². The van der Waals surface area contributed by atoms with E-state index in [0.29, 0.717) is 18.0 Å². The van der Waals surface area contributed by atoms with Gasteiger partial charge < -0.3 is 10.1 Å². The summed E-state index contributed by atoms with van der Waals surface area (Å²) in [7, 11) is 1.49. The third kappa shape index (κ3) is 3.08. The van der Waals surface area contributed by atoms with Crippen LogP contribution in [0, 0.1) is 10.1 Å². The standard InChI is InChI=1S/C18H16N2O3/c1-23-15-9-10-17(18(11-15)20(21)22)19-12-14-7-4-6-13-5-2-3-8-16(13)14/h2-11,19H,12H2,1H3. The Kier molecular flexibility index (Phi) is 4.10. The van der Waals surface area contributed by atoms with Crippen LogP contribution < -0.4 is 10.1 Å². The van der Waals surface area contributed by atoms with Crippen molar-refractivity contribution in [2.45, 2.75) is 6.54 Å². The Hall–Kier alpha value is -3.08. The van der Waals surface area contributed by atoms with Crippen molar-refractivity contribution < 1.29 is 9.66 Å². The van der Waals surface area contributed by atoms with E-state index in [2.05, 4.69) is 23.5 Å². The van der Waals surface area contributed by atoms with Gasteiger partial charge in [0.25, 0.3) is 5.69 Å². The molecule has 0 heterocycles. The molecule has 0 atom stereocenters. The van der Waals surface area contributed by atoms with Gasteiger partial charge in [-0.3, -0.25) is 10.1 Å². The minimum atomic E-state index is -0.409. The Morgan fingerprint density at radius 2 is 1.87 bits per heavy atom. The van der Waals surface area contributed by atoms with Gasteiger partial charge >= 0.3 is 0 Å². The van der Waals surface area contributed by atoms with Gasteiger partial charge in [0.1, 0.15) is 11.4 Å². The Labute approximate surface area is 133 Å². The first kappa shape index (κ1) is 14.8. The number of fused-ring (bicyclic) bond motifs is 1. The number of hydrogen-bond donors (Lipinski definition) is 1. The first-order chi connectivity index (χ1) is 11.2. The molecule has 0 aliphatic heterocycles. The second-order valence-corrected chi connectivity index (χ2v) is 5.13. The second kappa shape index (κ2) is 6.36. The molecule has 116 valence electrons. The minimum Gasteiger partial charge on any atom is -0.496 e. The van der Waals surface area contributed by atoms with E-state index in [1.807, 2.05) is 24.3 Å². The summed E-state index contributed by atoms with van der Waals surface area (Å²) in [6, 6.07) is 18.9. The number of nitro groups is 1. The second-order valence-electron chi connectivity index (χ2n) is 5.13. The normalized spacial score (nSPS) is 10.5. The van der Waals surface area contributed by atoms with Crippen molar-refractivity contribution in [2.75, 3.05) is 12.4 Å². The van der Waals surface area contributed by atoms with Crippen LogP contribution in [0.25, 0.3) is 10.8 Å². The SMILES string of the molecule is COc1ccc(NCc2cccc3ccccc23)c([N+](=O)[O-])c1. The number of nitro benzene ring substituents is 1. The lowest BCUT2D eigenvalue weighted by Gasteiger charge is -2.10. The molecule has 23 heavy (non-hydrogen) atoms. The van der Waals surface area contributed by atoms with Crippen molar-refractivity contribution in [1.82, 2.24) is 0 Å². The van der Waals surface area contributed by atoms with Gasteiger partial charge in [0.15, 0.2) is 0 Å². The molecule has 0 radical (unpaired) electrons. The predicted octanol–water partition coefficient (Wildman–Crippen LogP) is 4.37. The molecule has 3 aromatic carbocycles. The molecule has 0 aliphatic carbocycles. The Morgan fingerprint density at radius 3 is 2.65 bits per heavy atom. The third-order valence-corrected chi connectivity index (χ3v) is 3.75. The Morgan fingerprint density at radius 1 is 1.09 bits per heavy atom. The molecule has 0 bridgehead atoms. The molecule has 0 unspecified atom stereocenters. The first-order valence-corrected chi connectivity index (χ1v) is 7.22. The average Bonchev–Trinajstić information content (AvgIpc) is 2.59. The molecule has 0 aromatic heterocycles. The van der Waals surface area contributed by atoms with Crippen LogP contribution in [-0.4, -0.2) is 12.0 Å². The van der Waals surface area contributed by atoms with Crippen LogP contribution in [0.2, 0.25) is 0 Å². The van der Waals surface area contributed by atoms with Crippen LogP contribution in [0.5, 0.6) is 5.75 Å². The zero-order chi connectivity index (χ0) is 16.2. The lowest BCUT2D eigenvalue weighted by atomic mass is 10.0. The third-order valence-electron chi connectivity index (χ3n) is 3.75. The Bertz CT molecular complexity index is 857. The van der Waals surface area contributed by atoms with E-state index in [4.69, 9.17) is 4.74 Å². The quantitative estimate of drug-likeness (QED) is 0.561. The van der Waals surface area contributed by atoms with Crippen molar-refractivity contribution in [1.29, 1.82) is 0 Å². The maximum atomic E-state index is 11.2. The van der Waals surface area contributed by atoms with E-state index in [9.17, 15) is 10.1 Å². The zero-order valence-electron chi connectivity index (χ0n) is 12.7. The summed E-state index contributed by atoms with van der Waals surface area (Å²) in [5, 5.41) is 16.7. The summed E-state index contributed by atoms with van der Waals surface area (Å²) in [5.41, 5.74) is 1.57. The highest BCUT2D eigenvalue weighted by Crippen LogP contribution is 2.30. The summed E-state index contributed by atoms with van der Waals surface area (Å²) in [6.07, 6.45) is 0. The fraction of sp³-hybridized carbons (Fsp3) is 0.111. The summed E-state index contributed by atoms with van der Waals surface area (Å²) >= 11 is 0. The molecular formula is C18H16N2O3. The molecule has 3 aromatic rings. The van der Waals surface area contributed by atoms with Gasteiger partial charge in [0.2, 0.25) is 0 Å². The molecule has 0 saturated carbocycles. The molecule has 1 N–H and O–H groups in total. The van der Waals surface area contributed by atoms with Crippen LogP contribution in [0.1, 0.15) is 5.56 Å². The number of rotatable bonds is 5. The van der Waals surface area contributed by atoms with E-state index in [0.717, 1.165) is 16.3 Å². The topological polar surface area (TPSA) is 64.4 Å². The summed E-state index contributed by atoms with van der Waals surface area (Å²) in [4.78, 5) is 10.8. The lowest BCUT2D eigenvalue weighted by Crippen LogP contribution is -2.03. The average molecular weight is 308 g/mol. The van der Waals surface area contributed by atoms with Gasteiger partial charge in [-0.25, -0.2) is 0 Å². The minimum absolute atomic E-state index is 0.00425. The number of benzene rings is 3. The maximum Gasteiger partial charge on any atom is 0.296 e. The van der Waals surface area contributed by atoms with Gasteiger partial charge in [-0.2, -0.15) is 0 Å². The van der Waals surface area contributed by atoms with E-state index < -0.39 is 4.92 Å². The molecule has 0 saturated heterocycles. The summed E-state index contributed by atoms with van der Waals surface area (Å²) in [5.74, 6) is 0.465. The predicted molar refractivity (Wildman–Crippen MR) is 90.9 cm³/mol. The molecule has 3 rings (SSSR count). The van der Waals surface area contributed by atoms with Crippen molar-refractivity contribution in [3.05, 3.63) is 76.3 Å². The van der Waals surface area contributed by atoms with Gasteiger partial charge in [0.05, 0.1) is 18.1 Å². The molecular weight excluding hydrogens is 292 g/mol. The molecule has 0 aliphatic rings. The molecule has 5 heteroatoms. The highest BCUT2D eigenvalue weighted by molar-refractivity contribution is 5.85. The van der Waals surface area contributed by atoms with E-state index in [1.54, 1.807) is 12.1 Å². The molecule has 0 amide bonds. The monoisotopic (exact) mass is 308 g/mol. The van der Waals surface area contributed by atoms with Gasteiger partial charge in [0, 0.05) is 6.54 Å². The molecule has 5 nitrogen and oxygen atoms in total. The molecule has 0 fully saturated rings. The summed E-state index contributed by atoms with van der Waals surface area (Å²) in [6.45, 7) is 0.508. The first-order valence-electron chi connectivity index (χ1n) is 7.22. The maximum absolute atomic E-state index is 11.2. The van der Waals surface area contributed by atoms with Gasteiger partial charge in [-0.15, -0.1) is 0 Å². The Balaban J connectivity index is 1.89. The summed E-state index contributed by atoms with van der Waals surface area (Å²) < 4.78 is 5.05. The van der Waals surface area contributed by atoms with E-state index in [1.165, 1.54) is 13.2 Å². The van der Waals surface area contributed by atoms with Crippen LogP contribution in [0.15, 0.2) is 60.7 Å². The lowest BCUT2D eigenvalue weighted by molar-refractivity contribution is -0.384. The van der Waals surface area contributed by atoms with Crippen molar-refractivity contribution in [3.63, 3.8) is 0 Å². The van der Waals surface area contributed by atoms with Crippen LogP contribution >= 0.6 is 0 Å². The van der Waals surface area contributed by atoms with Gasteiger partial charge in [-0.1, -0.05) is 42.5 Å². The fourth-order valence-electron chi connectivity index (χ4n) is 2.58. The smallest absolute Gasteiger partial charge is 0.296 e. The zero-order valence-corrected chi connectivity index (χ0v) is 12.7. The highest BCUT2D eigenvalue weighted by atomic mass is 16.6. The van der Waals surface area contributed by atoms with E-state index in [-0.39, 0.29) is 5.69 Å². The number of methoxy groups -OCH3 is 1. The highest BCUT2D eigenvalue weighted by Gasteiger charge is 2.15. The molecule has 0 spiro atoms.